The first kappa shape index (κ1) is 25.1. The van der Waals surface area contributed by atoms with Crippen LogP contribution in [-0.4, -0.2) is 39.4 Å². The molecule has 172 valence electrons. The normalized spacial score (nSPS) is 12.8. The van der Waals surface area contributed by atoms with Crippen LogP contribution in [-0.2, 0) is 19.1 Å². The molecule has 2 aromatic rings. The first-order valence-corrected chi connectivity index (χ1v) is 9.85. The van der Waals surface area contributed by atoms with Gasteiger partial charge in [-0.15, -0.1) is 22.4 Å². The van der Waals surface area contributed by atoms with Crippen LogP contribution < -0.4 is 4.90 Å². The van der Waals surface area contributed by atoms with Gasteiger partial charge in [0.05, 0.1) is 17.7 Å². The van der Waals surface area contributed by atoms with Crippen molar-refractivity contribution in [3.8, 4) is 11.3 Å². The molecule has 0 spiro atoms. The summed E-state index contributed by atoms with van der Waals surface area (Å²) in [7, 11) is -3.28. The monoisotopic (exact) mass is 498 g/mol. The highest BCUT2D eigenvalue weighted by atomic mass is 32.2. The van der Waals surface area contributed by atoms with E-state index in [1.54, 1.807) is 14.1 Å². The molecule has 0 fully saturated rings. The van der Waals surface area contributed by atoms with Gasteiger partial charge in [-0.1, -0.05) is 0 Å². The molecular weight excluding hydrogens is 488 g/mol. The minimum absolute atomic E-state index is 0.0456. The van der Waals surface area contributed by atoms with E-state index in [4.69, 9.17) is 0 Å². The third kappa shape index (κ3) is 5.55. The van der Waals surface area contributed by atoms with Gasteiger partial charge >= 0.3 is 11.9 Å². The number of aromatic nitrogens is 1. The lowest BCUT2D eigenvalue weighted by Crippen LogP contribution is -2.25. The summed E-state index contributed by atoms with van der Waals surface area (Å²) in [6.07, 6.45) is -4.32. The summed E-state index contributed by atoms with van der Waals surface area (Å²) in [6.45, 7) is 0. The molecule has 31 heavy (non-hydrogen) atoms. The molecule has 2 rings (SSSR count). The second kappa shape index (κ2) is 8.76. The van der Waals surface area contributed by atoms with Gasteiger partial charge in [-0.05, 0) is 18.2 Å². The maximum atomic E-state index is 14.8. The van der Waals surface area contributed by atoms with Crippen molar-refractivity contribution in [3.63, 3.8) is 0 Å². The summed E-state index contributed by atoms with van der Waals surface area (Å²) >= 11 is -0.801. The van der Waals surface area contributed by atoms with E-state index in [-0.39, 0.29) is 6.07 Å². The zero-order chi connectivity index (χ0) is 23.8. The number of rotatable bonds is 6. The molecule has 0 aliphatic rings. The van der Waals surface area contributed by atoms with Gasteiger partial charge in [0.25, 0.3) is 9.84 Å². The van der Waals surface area contributed by atoms with Crippen molar-refractivity contribution < 1.29 is 52.8 Å². The van der Waals surface area contributed by atoms with E-state index in [1.165, 1.54) is 11.0 Å². The molecule has 0 saturated heterocycles. The predicted octanol–water partition coefficient (Wildman–Crippen LogP) is 4.86. The lowest BCUT2D eigenvalue weighted by molar-refractivity contribution is -0.440. The highest BCUT2D eigenvalue weighted by molar-refractivity contribution is 7.94. The highest BCUT2D eigenvalue weighted by Crippen LogP contribution is 2.41. The number of hydrogen-bond donors (Lipinski definition) is 0. The van der Waals surface area contributed by atoms with Crippen LogP contribution in [0.25, 0.3) is 11.3 Å². The van der Waals surface area contributed by atoms with Gasteiger partial charge in [-0.3, -0.25) is 4.98 Å². The molecule has 1 heterocycles. The van der Waals surface area contributed by atoms with Crippen molar-refractivity contribution in [2.75, 3.05) is 19.0 Å². The van der Waals surface area contributed by atoms with Crippen LogP contribution in [0.2, 0.25) is 0 Å². The lowest BCUT2D eigenvalue weighted by atomic mass is 10.1. The zero-order valence-electron chi connectivity index (χ0n) is 15.2. The molecule has 0 atom stereocenters. The number of sulfone groups is 1. The van der Waals surface area contributed by atoms with E-state index < -0.39 is 66.4 Å². The van der Waals surface area contributed by atoms with Crippen LogP contribution in [0.3, 0.4) is 0 Å². The summed E-state index contributed by atoms with van der Waals surface area (Å²) < 4.78 is 131. The number of halogens is 8. The Morgan fingerprint density at radius 3 is 2.16 bits per heavy atom. The van der Waals surface area contributed by atoms with E-state index >= 15 is 0 Å². The summed E-state index contributed by atoms with van der Waals surface area (Å²) in [4.78, 5) is 4.39. The van der Waals surface area contributed by atoms with Gasteiger partial charge < -0.3 is 4.90 Å². The van der Waals surface area contributed by atoms with Gasteiger partial charge in [-0.2, -0.15) is 13.2 Å². The maximum absolute atomic E-state index is 14.8. The Kier molecular flexibility index (Phi) is 7.09. The number of pyridine rings is 1. The summed E-state index contributed by atoms with van der Waals surface area (Å²) in [5.74, 6) is -4.05. The third-order valence-corrected chi connectivity index (χ3v) is 5.65. The molecule has 1 aromatic heterocycles. The molecule has 0 radical (unpaired) electrons. The smallest absolute Gasteiger partial charge is 0.378 e. The van der Waals surface area contributed by atoms with Gasteiger partial charge in [0.1, 0.15) is 9.79 Å². The number of nitrogens with zero attached hydrogens (tertiary/aromatic N) is 2. The molecule has 0 aliphatic heterocycles. The van der Waals surface area contributed by atoms with Crippen molar-refractivity contribution in [3.05, 3.63) is 36.0 Å². The van der Waals surface area contributed by atoms with Crippen molar-refractivity contribution in [2.45, 2.75) is 21.7 Å². The standard InChI is InChI=1S/C15H10F8N2O4S2/c1-25(2)7-3-4-24-9(5-7)8-6-10(31(26,27)15(21,22)23)12(17)13(11(8)16)30-29-28-14(18,19)20/h3-6H,1-2H3. The number of anilines is 1. The molecule has 0 unspecified atom stereocenters. The van der Waals surface area contributed by atoms with Crippen molar-refractivity contribution in [1.82, 2.24) is 4.98 Å². The van der Waals surface area contributed by atoms with E-state index in [0.29, 0.717) is 5.69 Å². The SMILES string of the molecule is CN(C)c1ccnc(-c2cc(S(=O)(=O)C(F)(F)F)c(F)c(SOOC(F)(F)F)c2F)c1. The van der Waals surface area contributed by atoms with Crippen LogP contribution in [0.1, 0.15) is 0 Å². The highest BCUT2D eigenvalue weighted by Gasteiger charge is 2.49. The molecule has 6 nitrogen and oxygen atoms in total. The van der Waals surface area contributed by atoms with Gasteiger partial charge in [0.2, 0.25) is 0 Å². The van der Waals surface area contributed by atoms with Crippen LogP contribution in [0, 0.1) is 11.6 Å². The minimum Gasteiger partial charge on any atom is -0.378 e. The minimum atomic E-state index is -6.37. The number of hydrogen-bond acceptors (Lipinski definition) is 7. The van der Waals surface area contributed by atoms with Crippen molar-refractivity contribution in [1.29, 1.82) is 0 Å². The first-order valence-electron chi connectivity index (χ1n) is 7.62. The molecule has 0 amide bonds. The second-order valence-electron chi connectivity index (χ2n) is 5.80. The molecule has 0 bridgehead atoms. The Hall–Kier alpha value is -2.17. The first-order chi connectivity index (χ1) is 14.1. The second-order valence-corrected chi connectivity index (χ2v) is 8.42. The molecule has 0 saturated carbocycles. The average Bonchev–Trinajstić information content (AvgIpc) is 2.62. The van der Waals surface area contributed by atoms with E-state index in [0.717, 1.165) is 12.3 Å². The van der Waals surface area contributed by atoms with E-state index in [1.807, 2.05) is 0 Å². The third-order valence-electron chi connectivity index (χ3n) is 3.50. The fraction of sp³-hybridized carbons (Fsp3) is 0.267. The predicted molar refractivity (Wildman–Crippen MR) is 91.2 cm³/mol. The molecule has 0 N–H and O–H groups in total. The Morgan fingerprint density at radius 1 is 1.03 bits per heavy atom. The zero-order valence-corrected chi connectivity index (χ0v) is 16.8. The lowest BCUT2D eigenvalue weighted by Gasteiger charge is -2.16. The summed E-state index contributed by atoms with van der Waals surface area (Å²) in [6, 6.07) is 2.58. The fourth-order valence-corrected chi connectivity index (χ4v) is 3.57. The van der Waals surface area contributed by atoms with Crippen LogP contribution in [0.5, 0.6) is 0 Å². The quantitative estimate of drug-likeness (QED) is 0.185. The number of alkyl halides is 6. The van der Waals surface area contributed by atoms with Crippen molar-refractivity contribution >= 4 is 27.6 Å². The summed E-state index contributed by atoms with van der Waals surface area (Å²) in [5.41, 5.74) is -7.01. The molecule has 0 aliphatic carbocycles. The van der Waals surface area contributed by atoms with Crippen LogP contribution in [0.4, 0.5) is 40.8 Å². The Morgan fingerprint density at radius 2 is 1.65 bits per heavy atom. The molecule has 16 heteroatoms. The number of benzene rings is 1. The Bertz CT molecular complexity index is 1070. The van der Waals surface area contributed by atoms with E-state index in [2.05, 4.69) is 14.2 Å². The van der Waals surface area contributed by atoms with Gasteiger partial charge in [0, 0.05) is 31.5 Å². The maximum Gasteiger partial charge on any atom is 0.550 e. The topological polar surface area (TPSA) is 68.7 Å². The molecular formula is C15H10F8N2O4S2. The summed E-state index contributed by atoms with van der Waals surface area (Å²) in [5, 5.41) is 0. The van der Waals surface area contributed by atoms with Crippen molar-refractivity contribution in [2.24, 2.45) is 0 Å². The van der Waals surface area contributed by atoms with Crippen LogP contribution in [0.15, 0.2) is 34.2 Å². The Labute approximate surface area is 173 Å². The fourth-order valence-electron chi connectivity index (χ4n) is 2.10. The molecule has 1 aromatic carbocycles. The van der Waals surface area contributed by atoms with Gasteiger partial charge in [0.15, 0.2) is 11.6 Å². The average molecular weight is 498 g/mol. The van der Waals surface area contributed by atoms with Gasteiger partial charge in [-0.25, -0.2) is 17.2 Å². The Balaban J connectivity index is 2.75. The largest absolute Gasteiger partial charge is 0.550 e. The van der Waals surface area contributed by atoms with E-state index in [9.17, 15) is 43.5 Å². The van der Waals surface area contributed by atoms with Crippen LogP contribution >= 0.6 is 12.0 Å².